The van der Waals surface area contributed by atoms with Crippen LogP contribution < -0.4 is 10.3 Å². The fourth-order valence-corrected chi connectivity index (χ4v) is 6.09. The first-order chi connectivity index (χ1) is 17.6. The SMILES string of the molecule is Cc1n([C@H]2CC[C@@H](C(C(N)=O)(c3ccccc3)c3ccccc3)C2)cc[n+]1C/C=C/c1ccccc1. The van der Waals surface area contributed by atoms with E-state index in [0.717, 1.165) is 36.9 Å². The Labute approximate surface area is 213 Å². The molecule has 2 N–H and O–H groups in total. The van der Waals surface area contributed by atoms with Crippen LogP contribution in [0.1, 0.15) is 47.8 Å². The smallest absolute Gasteiger partial charge is 0.253 e. The normalized spacial score (nSPS) is 18.0. The van der Waals surface area contributed by atoms with Gasteiger partial charge in [-0.2, -0.15) is 0 Å². The standard InChI is InChI=1S/C32H33N3O/c1-25-34(21-11-14-26-12-5-2-6-13-26)22-23-35(25)30-20-19-29(24-30)32(31(33)36,27-15-7-3-8-16-27)28-17-9-4-10-18-28/h2-18,22-23,29-30H,19-21,24H2,1H3,(H-,33,36)/p+1/b14-11+/t29-,30+/m1/s1. The number of hydrogen-bond acceptors (Lipinski definition) is 1. The monoisotopic (exact) mass is 476 g/mol. The predicted octanol–water partition coefficient (Wildman–Crippen LogP) is 5.61. The lowest BCUT2D eigenvalue weighted by atomic mass is 9.64. The summed E-state index contributed by atoms with van der Waals surface area (Å²) in [5.74, 6) is 1.08. The lowest BCUT2D eigenvalue weighted by Gasteiger charge is -2.37. The van der Waals surface area contributed by atoms with E-state index in [-0.39, 0.29) is 11.8 Å². The minimum atomic E-state index is -0.841. The van der Waals surface area contributed by atoms with E-state index in [4.69, 9.17) is 5.73 Å². The Morgan fingerprint density at radius 1 is 0.944 bits per heavy atom. The second kappa shape index (κ2) is 10.4. The molecule has 5 rings (SSSR count). The van der Waals surface area contributed by atoms with Crippen LogP contribution in [0, 0.1) is 12.8 Å². The van der Waals surface area contributed by atoms with Gasteiger partial charge in [0.2, 0.25) is 5.91 Å². The molecule has 2 atom stereocenters. The van der Waals surface area contributed by atoms with E-state index in [2.05, 4.69) is 89.1 Å². The summed E-state index contributed by atoms with van der Waals surface area (Å²) in [6, 6.07) is 30.9. The molecule has 4 aromatic rings. The van der Waals surface area contributed by atoms with Crippen molar-refractivity contribution >= 4 is 12.0 Å². The highest BCUT2D eigenvalue weighted by Crippen LogP contribution is 2.49. The molecule has 3 aromatic carbocycles. The third kappa shape index (κ3) is 4.39. The van der Waals surface area contributed by atoms with Gasteiger partial charge in [0.05, 0.1) is 0 Å². The number of nitrogens with two attached hydrogens (primary N) is 1. The van der Waals surface area contributed by atoms with E-state index in [1.54, 1.807) is 0 Å². The lowest BCUT2D eigenvalue weighted by molar-refractivity contribution is -0.692. The van der Waals surface area contributed by atoms with Crippen molar-refractivity contribution in [1.29, 1.82) is 0 Å². The highest BCUT2D eigenvalue weighted by atomic mass is 16.1. The quantitative estimate of drug-likeness (QED) is 0.330. The van der Waals surface area contributed by atoms with E-state index in [1.165, 1.54) is 11.4 Å². The zero-order valence-corrected chi connectivity index (χ0v) is 20.8. The van der Waals surface area contributed by atoms with Gasteiger partial charge in [-0.15, -0.1) is 0 Å². The molecule has 0 unspecified atom stereocenters. The van der Waals surface area contributed by atoms with Crippen LogP contribution in [0.25, 0.3) is 6.08 Å². The molecule has 0 bridgehead atoms. The maximum atomic E-state index is 13.4. The average molecular weight is 477 g/mol. The van der Waals surface area contributed by atoms with Gasteiger partial charge in [0.15, 0.2) is 0 Å². The van der Waals surface area contributed by atoms with Gasteiger partial charge in [-0.05, 0) is 47.9 Å². The van der Waals surface area contributed by atoms with Crippen LogP contribution in [0.15, 0.2) is 109 Å². The summed E-state index contributed by atoms with van der Waals surface area (Å²) in [6.07, 6.45) is 11.6. The molecule has 1 saturated carbocycles. The fraction of sp³-hybridized carbons (Fsp3) is 0.250. The molecular weight excluding hydrogens is 442 g/mol. The second-order valence-corrected chi connectivity index (χ2v) is 9.79. The van der Waals surface area contributed by atoms with E-state index < -0.39 is 5.41 Å². The molecule has 182 valence electrons. The van der Waals surface area contributed by atoms with Crippen molar-refractivity contribution < 1.29 is 9.36 Å². The second-order valence-electron chi connectivity index (χ2n) is 9.79. The Kier molecular flexibility index (Phi) is 6.86. The number of amides is 1. The molecule has 0 spiro atoms. The van der Waals surface area contributed by atoms with Crippen molar-refractivity contribution in [3.05, 3.63) is 132 Å². The van der Waals surface area contributed by atoms with E-state index in [0.29, 0.717) is 6.04 Å². The minimum absolute atomic E-state index is 0.123. The molecule has 1 amide bonds. The molecule has 0 radical (unpaired) electrons. The summed E-state index contributed by atoms with van der Waals surface area (Å²) >= 11 is 0. The zero-order valence-electron chi connectivity index (χ0n) is 20.8. The maximum absolute atomic E-state index is 13.4. The number of hydrogen-bond donors (Lipinski definition) is 1. The summed E-state index contributed by atoms with van der Waals surface area (Å²) in [5, 5.41) is 0. The van der Waals surface area contributed by atoms with Gasteiger partial charge in [0.1, 0.15) is 30.4 Å². The summed E-state index contributed by atoms with van der Waals surface area (Å²) in [5.41, 5.74) is 8.62. The average Bonchev–Trinajstić information content (AvgIpc) is 3.53. The molecule has 1 aliphatic carbocycles. The van der Waals surface area contributed by atoms with E-state index >= 15 is 0 Å². The van der Waals surface area contributed by atoms with Gasteiger partial charge >= 0.3 is 0 Å². The number of aromatic nitrogens is 2. The Balaban J connectivity index is 1.41. The zero-order chi connectivity index (χ0) is 25.0. The number of allylic oxidation sites excluding steroid dienone is 1. The van der Waals surface area contributed by atoms with E-state index in [9.17, 15) is 4.79 Å². The van der Waals surface area contributed by atoms with Gasteiger partial charge in [0.25, 0.3) is 5.82 Å². The summed E-state index contributed by atoms with van der Waals surface area (Å²) < 4.78 is 4.67. The molecule has 4 nitrogen and oxygen atoms in total. The van der Waals surface area contributed by atoms with E-state index in [1.807, 2.05) is 42.5 Å². The Hall–Kier alpha value is -3.92. The molecule has 4 heteroatoms. The van der Waals surface area contributed by atoms with Crippen molar-refractivity contribution in [2.75, 3.05) is 0 Å². The molecule has 0 aliphatic heterocycles. The number of imidazole rings is 1. The van der Waals surface area contributed by atoms with Crippen molar-refractivity contribution in [2.24, 2.45) is 11.7 Å². The van der Waals surface area contributed by atoms with Gasteiger partial charge in [-0.3, -0.25) is 4.79 Å². The Bertz CT molecular complexity index is 1290. The van der Waals surface area contributed by atoms with Gasteiger partial charge in [0, 0.05) is 6.92 Å². The molecule has 1 aliphatic rings. The van der Waals surface area contributed by atoms with Crippen molar-refractivity contribution in [3.63, 3.8) is 0 Å². The first-order valence-corrected chi connectivity index (χ1v) is 12.8. The topological polar surface area (TPSA) is 51.9 Å². The van der Waals surface area contributed by atoms with Gasteiger partial charge in [-0.25, -0.2) is 9.13 Å². The molecule has 0 saturated heterocycles. The molecule has 1 heterocycles. The molecular formula is C32H34N3O+. The molecule has 36 heavy (non-hydrogen) atoms. The Morgan fingerprint density at radius 3 is 2.11 bits per heavy atom. The van der Waals surface area contributed by atoms with Crippen LogP contribution in [-0.4, -0.2) is 10.5 Å². The van der Waals surface area contributed by atoms with Gasteiger partial charge < -0.3 is 5.73 Å². The number of benzene rings is 3. The number of rotatable bonds is 8. The summed E-state index contributed by atoms with van der Waals surface area (Å²) in [7, 11) is 0. The highest BCUT2D eigenvalue weighted by Gasteiger charge is 2.51. The number of carbonyl (C=O) groups is 1. The van der Waals surface area contributed by atoms with Crippen LogP contribution in [0.2, 0.25) is 0 Å². The minimum Gasteiger partial charge on any atom is -0.369 e. The fourth-order valence-electron chi connectivity index (χ4n) is 6.09. The van der Waals surface area contributed by atoms with Crippen LogP contribution in [0.3, 0.4) is 0 Å². The summed E-state index contributed by atoms with van der Waals surface area (Å²) in [6.45, 7) is 3.00. The van der Waals surface area contributed by atoms with Crippen molar-refractivity contribution in [2.45, 2.75) is 44.2 Å². The molecule has 1 fully saturated rings. The third-order valence-corrected chi connectivity index (χ3v) is 7.87. The molecule has 1 aromatic heterocycles. The predicted molar refractivity (Wildman–Crippen MR) is 144 cm³/mol. The Morgan fingerprint density at radius 2 is 1.53 bits per heavy atom. The van der Waals surface area contributed by atoms with Crippen LogP contribution in [0.5, 0.6) is 0 Å². The first kappa shape index (κ1) is 23.8. The van der Waals surface area contributed by atoms with Crippen LogP contribution in [0.4, 0.5) is 0 Å². The first-order valence-electron chi connectivity index (χ1n) is 12.8. The van der Waals surface area contributed by atoms with Gasteiger partial charge in [-0.1, -0.05) is 97.1 Å². The number of nitrogens with zero attached hydrogens (tertiary/aromatic N) is 2. The van der Waals surface area contributed by atoms with Crippen LogP contribution >= 0.6 is 0 Å². The number of carbonyl (C=O) groups excluding carboxylic acids is 1. The van der Waals surface area contributed by atoms with Crippen molar-refractivity contribution in [3.8, 4) is 0 Å². The third-order valence-electron chi connectivity index (χ3n) is 7.87. The maximum Gasteiger partial charge on any atom is 0.253 e. The number of primary amides is 1. The summed E-state index contributed by atoms with van der Waals surface area (Å²) in [4.78, 5) is 13.4. The highest BCUT2D eigenvalue weighted by molar-refractivity contribution is 5.91. The largest absolute Gasteiger partial charge is 0.369 e. The van der Waals surface area contributed by atoms with Crippen molar-refractivity contribution in [1.82, 2.24) is 4.57 Å². The lowest BCUT2D eigenvalue weighted by Crippen LogP contribution is -2.47. The van der Waals surface area contributed by atoms with Crippen LogP contribution in [-0.2, 0) is 16.8 Å².